The highest BCUT2D eigenvalue weighted by Crippen LogP contribution is 2.29. The van der Waals surface area contributed by atoms with E-state index in [1.54, 1.807) is 36.4 Å². The average molecular weight is 577 g/mol. The smallest absolute Gasteiger partial charge is 0.262 e. The Morgan fingerprint density at radius 3 is 2.29 bits per heavy atom. The summed E-state index contributed by atoms with van der Waals surface area (Å²) < 4.78 is 11.6. The summed E-state index contributed by atoms with van der Waals surface area (Å²) in [5.41, 5.74) is 4.37. The molecule has 0 aliphatic rings. The minimum Gasteiger partial charge on any atom is -0.490 e. The zero-order valence-electron chi connectivity index (χ0n) is 21.1. The van der Waals surface area contributed by atoms with Gasteiger partial charge in [-0.1, -0.05) is 60.8 Å². The fourth-order valence-electron chi connectivity index (χ4n) is 3.40. The molecule has 0 aliphatic carbocycles. The second-order valence-corrected chi connectivity index (χ2v) is 9.89. The number of amides is 2. The van der Waals surface area contributed by atoms with Crippen LogP contribution in [0.2, 0.25) is 15.1 Å². The lowest BCUT2D eigenvalue weighted by molar-refractivity contribution is -0.123. The number of halogens is 3. The first-order valence-electron chi connectivity index (χ1n) is 11.9. The Hall–Kier alpha value is -3.26. The van der Waals surface area contributed by atoms with E-state index < -0.39 is 17.9 Å². The van der Waals surface area contributed by atoms with Crippen LogP contribution < -0.4 is 20.2 Å². The Labute approximate surface area is 237 Å². The van der Waals surface area contributed by atoms with Crippen molar-refractivity contribution in [2.45, 2.75) is 33.4 Å². The van der Waals surface area contributed by atoms with Gasteiger partial charge in [-0.3, -0.25) is 9.59 Å². The Morgan fingerprint density at radius 2 is 1.63 bits per heavy atom. The predicted octanol–water partition coefficient (Wildman–Crippen LogP) is 6.53. The van der Waals surface area contributed by atoms with Crippen molar-refractivity contribution >= 4 is 52.8 Å². The van der Waals surface area contributed by atoms with Crippen LogP contribution in [0.1, 0.15) is 42.3 Å². The molecule has 0 saturated heterocycles. The summed E-state index contributed by atoms with van der Waals surface area (Å²) in [7, 11) is 0. The van der Waals surface area contributed by atoms with Crippen molar-refractivity contribution in [1.29, 1.82) is 0 Å². The van der Waals surface area contributed by atoms with E-state index in [1.165, 1.54) is 18.3 Å². The molecule has 0 spiro atoms. The van der Waals surface area contributed by atoms with Gasteiger partial charge >= 0.3 is 0 Å². The van der Waals surface area contributed by atoms with Crippen LogP contribution in [-0.2, 0) is 11.4 Å². The third-order valence-electron chi connectivity index (χ3n) is 5.38. The van der Waals surface area contributed by atoms with Gasteiger partial charge in [-0.25, -0.2) is 5.43 Å². The van der Waals surface area contributed by atoms with Crippen LogP contribution in [0.4, 0.5) is 0 Å². The Balaban J connectivity index is 1.64. The number of hydrogen-bond donors (Lipinski definition) is 2. The van der Waals surface area contributed by atoms with Crippen LogP contribution in [0.5, 0.6) is 11.5 Å². The molecule has 0 radical (unpaired) electrons. The van der Waals surface area contributed by atoms with Gasteiger partial charge in [-0.15, -0.1) is 0 Å². The third-order valence-corrected chi connectivity index (χ3v) is 6.17. The Kier molecular flexibility index (Phi) is 10.8. The molecule has 10 heteroatoms. The minimum absolute atomic E-state index is 0.196. The number of rotatable bonds is 11. The molecule has 2 amide bonds. The normalized spacial score (nSPS) is 11.9. The minimum atomic E-state index is -0.839. The average Bonchev–Trinajstić information content (AvgIpc) is 2.87. The molecule has 0 aromatic heterocycles. The first-order chi connectivity index (χ1) is 18.2. The van der Waals surface area contributed by atoms with Crippen molar-refractivity contribution in [3.05, 3.63) is 92.4 Å². The van der Waals surface area contributed by atoms with Gasteiger partial charge in [0.15, 0.2) is 11.5 Å². The molecule has 0 bridgehead atoms. The van der Waals surface area contributed by atoms with Gasteiger partial charge in [0.25, 0.3) is 11.8 Å². The second kappa shape index (κ2) is 14.0. The molecule has 7 nitrogen and oxygen atoms in total. The maximum absolute atomic E-state index is 12.8. The van der Waals surface area contributed by atoms with E-state index >= 15 is 0 Å². The molecular formula is C28H28Cl3N3O4. The molecule has 1 atom stereocenters. The monoisotopic (exact) mass is 575 g/mol. The number of benzene rings is 3. The molecule has 2 N–H and O–H groups in total. The lowest BCUT2D eigenvalue weighted by Crippen LogP contribution is -2.48. The van der Waals surface area contributed by atoms with Crippen LogP contribution in [0.15, 0.2) is 65.8 Å². The Morgan fingerprint density at radius 1 is 0.921 bits per heavy atom. The fourth-order valence-corrected chi connectivity index (χ4v) is 4.02. The van der Waals surface area contributed by atoms with E-state index in [-0.39, 0.29) is 16.5 Å². The quantitative estimate of drug-likeness (QED) is 0.201. The van der Waals surface area contributed by atoms with E-state index in [0.717, 1.165) is 5.56 Å². The molecule has 38 heavy (non-hydrogen) atoms. The molecule has 1 unspecified atom stereocenters. The zero-order chi connectivity index (χ0) is 27.7. The standard InChI is InChI=1S/C28H28Cl3N3O4/c1-4-37-25-13-19(7-12-24(25)38-16-18-5-8-20(29)9-6-18)15-32-34-28(36)26(17(2)3)33-27(35)22-11-10-21(30)14-23(22)31/h5-15,17,26H,4,16H2,1-3H3,(H,33,35)(H,34,36)/b32-15-. The summed E-state index contributed by atoms with van der Waals surface area (Å²) in [6.45, 7) is 6.30. The summed E-state index contributed by atoms with van der Waals surface area (Å²) in [6.07, 6.45) is 1.48. The van der Waals surface area contributed by atoms with Crippen molar-refractivity contribution < 1.29 is 19.1 Å². The molecular weight excluding hydrogens is 549 g/mol. The SMILES string of the molecule is CCOc1cc(/C=N\NC(=O)C(NC(=O)c2ccc(Cl)cc2Cl)C(C)C)ccc1OCc1ccc(Cl)cc1. The highest BCUT2D eigenvalue weighted by Gasteiger charge is 2.25. The van der Waals surface area contributed by atoms with Gasteiger partial charge in [0, 0.05) is 10.0 Å². The predicted molar refractivity (Wildman–Crippen MR) is 152 cm³/mol. The number of hydrazone groups is 1. The van der Waals surface area contributed by atoms with Crippen LogP contribution >= 0.6 is 34.8 Å². The number of hydrogen-bond acceptors (Lipinski definition) is 5. The summed E-state index contributed by atoms with van der Waals surface area (Å²) in [5.74, 6) is -0.0418. The van der Waals surface area contributed by atoms with Crippen molar-refractivity contribution in [2.24, 2.45) is 11.0 Å². The maximum Gasteiger partial charge on any atom is 0.262 e. The molecule has 0 saturated carbocycles. The molecule has 3 aromatic carbocycles. The zero-order valence-corrected chi connectivity index (χ0v) is 23.4. The van der Waals surface area contributed by atoms with Crippen LogP contribution in [-0.4, -0.2) is 30.7 Å². The van der Waals surface area contributed by atoms with Crippen LogP contribution in [0.25, 0.3) is 0 Å². The first-order valence-corrected chi connectivity index (χ1v) is 13.0. The number of nitrogens with one attached hydrogen (secondary N) is 2. The third kappa shape index (κ3) is 8.38. The lowest BCUT2D eigenvalue weighted by Gasteiger charge is -2.20. The van der Waals surface area contributed by atoms with E-state index in [2.05, 4.69) is 15.8 Å². The molecule has 0 heterocycles. The van der Waals surface area contributed by atoms with Crippen LogP contribution in [0, 0.1) is 5.92 Å². The van der Waals surface area contributed by atoms with E-state index in [9.17, 15) is 9.59 Å². The number of carbonyl (C=O) groups excluding carboxylic acids is 2. The summed E-state index contributed by atoms with van der Waals surface area (Å²) in [6, 6.07) is 16.4. The highest BCUT2D eigenvalue weighted by atomic mass is 35.5. The lowest BCUT2D eigenvalue weighted by atomic mass is 10.0. The van der Waals surface area contributed by atoms with Gasteiger partial charge in [0.1, 0.15) is 12.6 Å². The van der Waals surface area contributed by atoms with Gasteiger partial charge in [-0.05, 0) is 72.5 Å². The molecule has 0 fully saturated rings. The van der Waals surface area contributed by atoms with E-state index in [0.29, 0.717) is 40.3 Å². The summed E-state index contributed by atoms with van der Waals surface area (Å²) in [5, 5.41) is 8.03. The number of carbonyl (C=O) groups is 2. The van der Waals surface area contributed by atoms with Crippen molar-refractivity contribution in [2.75, 3.05) is 6.61 Å². The van der Waals surface area contributed by atoms with Gasteiger partial charge in [-0.2, -0.15) is 5.10 Å². The molecule has 3 aromatic rings. The van der Waals surface area contributed by atoms with Crippen LogP contribution in [0.3, 0.4) is 0 Å². The maximum atomic E-state index is 12.8. The van der Waals surface area contributed by atoms with Gasteiger partial charge < -0.3 is 14.8 Å². The molecule has 200 valence electrons. The fraction of sp³-hybridized carbons (Fsp3) is 0.250. The van der Waals surface area contributed by atoms with E-state index in [1.807, 2.05) is 32.9 Å². The molecule has 3 rings (SSSR count). The number of nitrogens with zero attached hydrogens (tertiary/aromatic N) is 1. The Bertz CT molecular complexity index is 1300. The first kappa shape index (κ1) is 29.3. The van der Waals surface area contributed by atoms with Crippen molar-refractivity contribution in [3.8, 4) is 11.5 Å². The second-order valence-electron chi connectivity index (χ2n) is 8.61. The summed E-state index contributed by atoms with van der Waals surface area (Å²) in [4.78, 5) is 25.5. The number of ether oxygens (including phenoxy) is 2. The van der Waals surface area contributed by atoms with Crippen molar-refractivity contribution in [1.82, 2.24) is 10.7 Å². The largest absolute Gasteiger partial charge is 0.490 e. The van der Waals surface area contributed by atoms with Gasteiger partial charge in [0.2, 0.25) is 0 Å². The highest BCUT2D eigenvalue weighted by molar-refractivity contribution is 6.36. The van der Waals surface area contributed by atoms with Gasteiger partial charge in [0.05, 0.1) is 23.4 Å². The molecule has 0 aliphatic heterocycles. The topological polar surface area (TPSA) is 89.0 Å². The summed E-state index contributed by atoms with van der Waals surface area (Å²) >= 11 is 18.0. The van der Waals surface area contributed by atoms with E-state index in [4.69, 9.17) is 44.3 Å². The van der Waals surface area contributed by atoms with Crippen molar-refractivity contribution in [3.63, 3.8) is 0 Å².